The standard InChI is InChI=1S/C17H21BrN2O/c1-3-16(19)9-14-8-15(18)7-12(2)17(14)21-11-13-5-4-6-20-10-13/h4-8,10,16H,3,9,11,19H2,1-2H3. The third kappa shape index (κ3) is 4.55. The van der Waals surface area contributed by atoms with Gasteiger partial charge in [-0.15, -0.1) is 0 Å². The Kier molecular flexibility index (Phi) is 5.76. The molecule has 2 rings (SSSR count). The van der Waals surface area contributed by atoms with Crippen LogP contribution >= 0.6 is 15.9 Å². The summed E-state index contributed by atoms with van der Waals surface area (Å²) in [5.74, 6) is 0.936. The van der Waals surface area contributed by atoms with Crippen molar-refractivity contribution in [2.45, 2.75) is 39.3 Å². The van der Waals surface area contributed by atoms with Crippen LogP contribution in [0.25, 0.3) is 0 Å². The lowest BCUT2D eigenvalue weighted by Gasteiger charge is -2.17. The van der Waals surface area contributed by atoms with E-state index in [1.54, 1.807) is 6.20 Å². The first-order valence-corrected chi connectivity index (χ1v) is 7.95. The Morgan fingerprint density at radius 2 is 2.19 bits per heavy atom. The maximum Gasteiger partial charge on any atom is 0.126 e. The summed E-state index contributed by atoms with van der Waals surface area (Å²) in [5.41, 5.74) is 9.43. The summed E-state index contributed by atoms with van der Waals surface area (Å²) < 4.78 is 7.10. The van der Waals surface area contributed by atoms with Crippen molar-refractivity contribution >= 4 is 15.9 Å². The van der Waals surface area contributed by atoms with Crippen LogP contribution in [0.1, 0.15) is 30.0 Å². The second-order valence-electron chi connectivity index (χ2n) is 5.23. The summed E-state index contributed by atoms with van der Waals surface area (Å²) in [5, 5.41) is 0. The van der Waals surface area contributed by atoms with Gasteiger partial charge in [-0.3, -0.25) is 4.98 Å². The molecular weight excluding hydrogens is 328 g/mol. The molecule has 0 radical (unpaired) electrons. The lowest BCUT2D eigenvalue weighted by molar-refractivity contribution is 0.299. The van der Waals surface area contributed by atoms with E-state index in [1.165, 1.54) is 0 Å². The van der Waals surface area contributed by atoms with Gasteiger partial charge >= 0.3 is 0 Å². The van der Waals surface area contributed by atoms with Gasteiger partial charge in [0, 0.05) is 28.5 Å². The maximum absolute atomic E-state index is 6.10. The van der Waals surface area contributed by atoms with Gasteiger partial charge in [-0.25, -0.2) is 0 Å². The van der Waals surface area contributed by atoms with Gasteiger partial charge in [-0.05, 0) is 49.1 Å². The van der Waals surface area contributed by atoms with Crippen molar-refractivity contribution < 1.29 is 4.74 Å². The molecule has 0 saturated carbocycles. The van der Waals surface area contributed by atoms with Crippen LogP contribution in [0.2, 0.25) is 0 Å². The number of rotatable bonds is 6. The van der Waals surface area contributed by atoms with E-state index in [0.29, 0.717) is 6.61 Å². The minimum Gasteiger partial charge on any atom is -0.488 e. The highest BCUT2D eigenvalue weighted by Crippen LogP contribution is 2.30. The molecule has 0 spiro atoms. The van der Waals surface area contributed by atoms with Gasteiger partial charge in [0.1, 0.15) is 12.4 Å². The molecule has 0 aliphatic carbocycles. The molecule has 0 saturated heterocycles. The number of halogens is 1. The topological polar surface area (TPSA) is 48.1 Å². The molecule has 1 atom stereocenters. The average molecular weight is 349 g/mol. The monoisotopic (exact) mass is 348 g/mol. The van der Waals surface area contributed by atoms with E-state index in [1.807, 2.05) is 18.3 Å². The van der Waals surface area contributed by atoms with E-state index in [0.717, 1.165) is 39.8 Å². The predicted molar refractivity (Wildman–Crippen MR) is 89.4 cm³/mol. The zero-order valence-corrected chi connectivity index (χ0v) is 14.1. The molecule has 1 aromatic carbocycles. The van der Waals surface area contributed by atoms with Gasteiger partial charge in [0.15, 0.2) is 0 Å². The smallest absolute Gasteiger partial charge is 0.126 e. The van der Waals surface area contributed by atoms with E-state index in [-0.39, 0.29) is 6.04 Å². The van der Waals surface area contributed by atoms with Crippen molar-refractivity contribution in [2.75, 3.05) is 0 Å². The highest BCUT2D eigenvalue weighted by atomic mass is 79.9. The van der Waals surface area contributed by atoms with Crippen molar-refractivity contribution in [1.82, 2.24) is 4.98 Å². The molecule has 0 aliphatic heterocycles. The highest BCUT2D eigenvalue weighted by molar-refractivity contribution is 9.10. The fourth-order valence-corrected chi connectivity index (χ4v) is 2.84. The molecule has 21 heavy (non-hydrogen) atoms. The highest BCUT2D eigenvalue weighted by Gasteiger charge is 2.12. The molecule has 0 aliphatic rings. The Balaban J connectivity index is 2.20. The van der Waals surface area contributed by atoms with Crippen molar-refractivity contribution in [3.05, 3.63) is 57.8 Å². The quantitative estimate of drug-likeness (QED) is 0.857. The maximum atomic E-state index is 6.10. The Hall–Kier alpha value is -1.39. The zero-order chi connectivity index (χ0) is 15.2. The lowest BCUT2D eigenvalue weighted by atomic mass is 10.0. The lowest BCUT2D eigenvalue weighted by Crippen LogP contribution is -2.22. The summed E-state index contributed by atoms with van der Waals surface area (Å²) in [4.78, 5) is 4.11. The van der Waals surface area contributed by atoms with Gasteiger partial charge in [0.2, 0.25) is 0 Å². The van der Waals surface area contributed by atoms with E-state index in [2.05, 4.69) is 46.9 Å². The number of nitrogens with two attached hydrogens (primary N) is 1. The Labute approximate surface area is 134 Å². The van der Waals surface area contributed by atoms with Crippen molar-refractivity contribution in [2.24, 2.45) is 5.73 Å². The summed E-state index contributed by atoms with van der Waals surface area (Å²) in [7, 11) is 0. The van der Waals surface area contributed by atoms with E-state index >= 15 is 0 Å². The number of hydrogen-bond donors (Lipinski definition) is 1. The Morgan fingerprint density at radius 3 is 2.86 bits per heavy atom. The van der Waals surface area contributed by atoms with E-state index in [9.17, 15) is 0 Å². The van der Waals surface area contributed by atoms with Gasteiger partial charge in [-0.1, -0.05) is 28.9 Å². The minimum absolute atomic E-state index is 0.152. The summed E-state index contributed by atoms with van der Waals surface area (Å²) >= 11 is 3.55. The largest absolute Gasteiger partial charge is 0.488 e. The van der Waals surface area contributed by atoms with Crippen LogP contribution in [0.4, 0.5) is 0 Å². The fraction of sp³-hybridized carbons (Fsp3) is 0.353. The first-order chi connectivity index (χ1) is 10.1. The Morgan fingerprint density at radius 1 is 1.38 bits per heavy atom. The molecule has 1 unspecified atom stereocenters. The van der Waals surface area contributed by atoms with Crippen LogP contribution in [0.5, 0.6) is 5.75 Å². The number of pyridine rings is 1. The normalized spacial score (nSPS) is 12.2. The van der Waals surface area contributed by atoms with E-state index < -0.39 is 0 Å². The molecule has 4 heteroatoms. The fourth-order valence-electron chi connectivity index (χ4n) is 2.22. The first kappa shape index (κ1) is 16.0. The molecule has 3 nitrogen and oxygen atoms in total. The van der Waals surface area contributed by atoms with Gasteiger partial charge in [0.25, 0.3) is 0 Å². The summed E-state index contributed by atoms with van der Waals surface area (Å²) in [6, 6.07) is 8.25. The Bertz CT molecular complexity index is 587. The SMILES string of the molecule is CCC(N)Cc1cc(Br)cc(C)c1OCc1cccnc1. The first-order valence-electron chi connectivity index (χ1n) is 7.16. The van der Waals surface area contributed by atoms with Gasteiger partial charge in [0.05, 0.1) is 0 Å². The zero-order valence-electron chi connectivity index (χ0n) is 12.5. The number of hydrogen-bond acceptors (Lipinski definition) is 3. The molecular formula is C17H21BrN2O. The summed E-state index contributed by atoms with van der Waals surface area (Å²) in [6.45, 7) is 4.68. The average Bonchev–Trinajstić information content (AvgIpc) is 2.47. The van der Waals surface area contributed by atoms with Crippen LogP contribution in [0.15, 0.2) is 41.1 Å². The third-order valence-corrected chi connectivity index (χ3v) is 3.89. The van der Waals surface area contributed by atoms with Gasteiger partial charge in [-0.2, -0.15) is 0 Å². The molecule has 2 aromatic rings. The van der Waals surface area contributed by atoms with E-state index in [4.69, 9.17) is 10.5 Å². The van der Waals surface area contributed by atoms with Crippen molar-refractivity contribution in [1.29, 1.82) is 0 Å². The third-order valence-electron chi connectivity index (χ3n) is 3.43. The number of aromatic nitrogens is 1. The van der Waals surface area contributed by atoms with Crippen LogP contribution in [-0.2, 0) is 13.0 Å². The molecule has 0 bridgehead atoms. The number of aryl methyl sites for hydroxylation is 1. The number of ether oxygens (including phenoxy) is 1. The minimum atomic E-state index is 0.152. The molecule has 0 fully saturated rings. The molecule has 112 valence electrons. The van der Waals surface area contributed by atoms with Crippen molar-refractivity contribution in [3.8, 4) is 5.75 Å². The van der Waals surface area contributed by atoms with Gasteiger partial charge < -0.3 is 10.5 Å². The molecule has 0 amide bonds. The number of nitrogens with zero attached hydrogens (tertiary/aromatic N) is 1. The van der Waals surface area contributed by atoms with Crippen LogP contribution in [-0.4, -0.2) is 11.0 Å². The number of benzene rings is 1. The second kappa shape index (κ2) is 7.57. The van der Waals surface area contributed by atoms with Crippen LogP contribution in [0.3, 0.4) is 0 Å². The molecule has 1 aromatic heterocycles. The molecule has 2 N–H and O–H groups in total. The van der Waals surface area contributed by atoms with Crippen LogP contribution < -0.4 is 10.5 Å². The predicted octanol–water partition coefficient (Wildman–Crippen LogP) is 4.01. The van der Waals surface area contributed by atoms with Crippen molar-refractivity contribution in [3.63, 3.8) is 0 Å². The summed E-state index contributed by atoms with van der Waals surface area (Å²) in [6.07, 6.45) is 5.36. The van der Waals surface area contributed by atoms with Crippen LogP contribution in [0, 0.1) is 6.92 Å². The molecule has 1 heterocycles. The second-order valence-corrected chi connectivity index (χ2v) is 6.15.